The van der Waals surface area contributed by atoms with Crippen LogP contribution in [0.15, 0.2) is 30.3 Å². The average molecular weight is 399 g/mol. The molecule has 29 heavy (non-hydrogen) atoms. The van der Waals surface area contributed by atoms with E-state index in [9.17, 15) is 9.18 Å². The molecule has 0 bridgehead atoms. The van der Waals surface area contributed by atoms with Crippen LogP contribution in [0.3, 0.4) is 0 Å². The summed E-state index contributed by atoms with van der Waals surface area (Å²) < 4.78 is 17.0. The van der Waals surface area contributed by atoms with Gasteiger partial charge in [-0.3, -0.25) is 9.48 Å². The van der Waals surface area contributed by atoms with E-state index in [-0.39, 0.29) is 17.6 Å². The van der Waals surface area contributed by atoms with Crippen LogP contribution < -0.4 is 5.32 Å². The Labute approximate surface area is 169 Å². The molecule has 1 N–H and O–H groups in total. The number of rotatable bonds is 8. The molecule has 0 radical (unpaired) electrons. The zero-order valence-corrected chi connectivity index (χ0v) is 17.1. The third-order valence-corrected chi connectivity index (χ3v) is 4.79. The van der Waals surface area contributed by atoms with Crippen molar-refractivity contribution in [2.45, 2.75) is 46.7 Å². The Morgan fingerprint density at radius 1 is 1.24 bits per heavy atom. The van der Waals surface area contributed by atoms with Crippen molar-refractivity contribution in [3.63, 3.8) is 0 Å². The van der Waals surface area contributed by atoms with E-state index in [1.165, 1.54) is 16.8 Å². The van der Waals surface area contributed by atoms with Crippen LogP contribution >= 0.6 is 0 Å². The molecule has 1 aromatic carbocycles. The van der Waals surface area contributed by atoms with Crippen molar-refractivity contribution in [3.05, 3.63) is 58.9 Å². The average Bonchev–Trinajstić information content (AvgIpc) is 3.22. The maximum atomic E-state index is 13.6. The van der Waals surface area contributed by atoms with E-state index in [2.05, 4.69) is 32.9 Å². The molecule has 0 aliphatic carbocycles. The van der Waals surface area contributed by atoms with Crippen molar-refractivity contribution < 1.29 is 9.18 Å². The third kappa shape index (κ3) is 5.24. The van der Waals surface area contributed by atoms with Crippen molar-refractivity contribution in [1.82, 2.24) is 35.3 Å². The minimum Gasteiger partial charge on any atom is -0.354 e. The Balaban J connectivity index is 1.68. The summed E-state index contributed by atoms with van der Waals surface area (Å²) in [5, 5.41) is 18.9. The largest absolute Gasteiger partial charge is 0.354 e. The van der Waals surface area contributed by atoms with Crippen LogP contribution in [-0.4, -0.2) is 42.4 Å². The molecule has 154 valence electrons. The fourth-order valence-electron chi connectivity index (χ4n) is 3.32. The van der Waals surface area contributed by atoms with Gasteiger partial charge in [-0.1, -0.05) is 19.1 Å². The molecule has 0 aliphatic rings. The summed E-state index contributed by atoms with van der Waals surface area (Å²) in [6, 6.07) is 7.58. The number of benzene rings is 1. The maximum Gasteiger partial charge on any atom is 0.245 e. The molecule has 0 saturated heterocycles. The zero-order chi connectivity index (χ0) is 21.0. The Bertz CT molecular complexity index is 981. The van der Waals surface area contributed by atoms with Crippen molar-refractivity contribution in [2.24, 2.45) is 5.92 Å². The monoisotopic (exact) mass is 399 g/mol. The number of nitrogens with one attached hydrogen (secondary N) is 1. The predicted molar refractivity (Wildman–Crippen MR) is 106 cm³/mol. The van der Waals surface area contributed by atoms with Gasteiger partial charge in [-0.2, -0.15) is 5.10 Å². The van der Waals surface area contributed by atoms with Gasteiger partial charge < -0.3 is 5.32 Å². The Hall–Kier alpha value is -3.10. The smallest absolute Gasteiger partial charge is 0.245 e. The molecule has 3 aromatic rings. The number of aromatic nitrogens is 6. The fourth-order valence-corrected chi connectivity index (χ4v) is 3.32. The van der Waals surface area contributed by atoms with Gasteiger partial charge >= 0.3 is 0 Å². The normalized spacial score (nSPS) is 13.3. The van der Waals surface area contributed by atoms with E-state index in [4.69, 9.17) is 0 Å². The second-order valence-corrected chi connectivity index (χ2v) is 7.48. The van der Waals surface area contributed by atoms with Gasteiger partial charge in [0.1, 0.15) is 17.7 Å². The standard InChI is InChI=1S/C20H26FN7O/c1-13(12-27-15(3)8-14(2)24-27)11-22-20(29)19(28-16(4)23-25-26-28)10-17-6-5-7-18(21)9-17/h5-9,13,19H,10-12H2,1-4H3,(H,22,29)/t13-,19-/m1/s1. The SMILES string of the molecule is Cc1cc(C)n(C[C@H](C)CNC(=O)[C@@H](Cc2cccc(F)c2)n2nnnc2C)n1. The van der Waals surface area contributed by atoms with E-state index in [0.717, 1.165) is 11.4 Å². The summed E-state index contributed by atoms with van der Waals surface area (Å²) in [5.74, 6) is 0.164. The maximum absolute atomic E-state index is 13.6. The fraction of sp³-hybridized carbons (Fsp3) is 0.450. The van der Waals surface area contributed by atoms with Gasteiger partial charge in [-0.25, -0.2) is 9.07 Å². The summed E-state index contributed by atoms with van der Waals surface area (Å²) in [6.07, 6.45) is 0.293. The lowest BCUT2D eigenvalue weighted by Gasteiger charge is -2.20. The molecule has 8 nitrogen and oxygen atoms in total. The van der Waals surface area contributed by atoms with Gasteiger partial charge in [0.2, 0.25) is 5.91 Å². The molecule has 0 spiro atoms. The molecule has 2 atom stereocenters. The first-order chi connectivity index (χ1) is 13.8. The minimum absolute atomic E-state index is 0.182. The number of halogens is 1. The molecular formula is C20H26FN7O. The minimum atomic E-state index is -0.660. The number of nitrogens with zero attached hydrogens (tertiary/aromatic N) is 6. The number of hydrogen-bond donors (Lipinski definition) is 1. The first-order valence-corrected chi connectivity index (χ1v) is 9.61. The lowest BCUT2D eigenvalue weighted by molar-refractivity contribution is -0.124. The summed E-state index contributed by atoms with van der Waals surface area (Å²) in [6.45, 7) is 8.95. The summed E-state index contributed by atoms with van der Waals surface area (Å²) in [4.78, 5) is 13.0. The van der Waals surface area contributed by atoms with E-state index < -0.39 is 6.04 Å². The van der Waals surface area contributed by atoms with Crippen LogP contribution in [0.5, 0.6) is 0 Å². The van der Waals surface area contributed by atoms with E-state index >= 15 is 0 Å². The van der Waals surface area contributed by atoms with Crippen molar-refractivity contribution in [3.8, 4) is 0 Å². The molecule has 0 aliphatic heterocycles. The highest BCUT2D eigenvalue weighted by atomic mass is 19.1. The molecule has 0 saturated carbocycles. The number of aryl methyl sites for hydroxylation is 3. The van der Waals surface area contributed by atoms with Crippen molar-refractivity contribution in [1.29, 1.82) is 0 Å². The first-order valence-electron chi connectivity index (χ1n) is 9.61. The highest BCUT2D eigenvalue weighted by Crippen LogP contribution is 2.16. The van der Waals surface area contributed by atoms with E-state index in [1.807, 2.05) is 24.6 Å². The molecular weight excluding hydrogens is 373 g/mol. The van der Waals surface area contributed by atoms with Gasteiger partial charge in [0.05, 0.1) is 5.69 Å². The highest BCUT2D eigenvalue weighted by molar-refractivity contribution is 5.80. The zero-order valence-electron chi connectivity index (χ0n) is 17.1. The van der Waals surface area contributed by atoms with Crippen molar-refractivity contribution >= 4 is 5.91 Å². The van der Waals surface area contributed by atoms with Gasteiger partial charge in [0, 0.05) is 25.2 Å². The lowest BCUT2D eigenvalue weighted by atomic mass is 10.0. The highest BCUT2D eigenvalue weighted by Gasteiger charge is 2.24. The molecule has 1 amide bonds. The Morgan fingerprint density at radius 2 is 2.03 bits per heavy atom. The van der Waals surface area contributed by atoms with Gasteiger partial charge in [0.25, 0.3) is 0 Å². The number of tetrazole rings is 1. The number of carbonyl (C=O) groups is 1. The molecule has 9 heteroatoms. The van der Waals surface area contributed by atoms with E-state index in [0.29, 0.717) is 30.9 Å². The van der Waals surface area contributed by atoms with Crippen molar-refractivity contribution in [2.75, 3.05) is 6.54 Å². The van der Waals surface area contributed by atoms with Crippen LogP contribution in [0.1, 0.15) is 35.7 Å². The molecule has 0 fully saturated rings. The number of carbonyl (C=O) groups excluding carboxylic acids is 1. The molecule has 2 aromatic heterocycles. The number of hydrogen-bond acceptors (Lipinski definition) is 5. The van der Waals surface area contributed by atoms with E-state index in [1.54, 1.807) is 19.1 Å². The van der Waals surface area contributed by atoms with Crippen LogP contribution in [0.2, 0.25) is 0 Å². The van der Waals surface area contributed by atoms with Gasteiger partial charge in [-0.05, 0) is 60.9 Å². The summed E-state index contributed by atoms with van der Waals surface area (Å²) >= 11 is 0. The summed E-state index contributed by atoms with van der Waals surface area (Å²) in [5.41, 5.74) is 2.77. The first kappa shape index (κ1) is 20.6. The Kier molecular flexibility index (Phi) is 6.36. The van der Waals surface area contributed by atoms with Crippen LogP contribution in [0.25, 0.3) is 0 Å². The second kappa shape index (κ2) is 8.93. The van der Waals surface area contributed by atoms with Crippen LogP contribution in [0, 0.1) is 32.5 Å². The molecule has 0 unspecified atom stereocenters. The molecule has 2 heterocycles. The van der Waals surface area contributed by atoms with Crippen LogP contribution in [0.4, 0.5) is 4.39 Å². The Morgan fingerprint density at radius 3 is 2.66 bits per heavy atom. The quantitative estimate of drug-likeness (QED) is 0.627. The van der Waals surface area contributed by atoms with Gasteiger partial charge in [-0.15, -0.1) is 5.10 Å². The number of amides is 1. The van der Waals surface area contributed by atoms with Crippen LogP contribution in [-0.2, 0) is 17.8 Å². The second-order valence-electron chi connectivity index (χ2n) is 7.48. The topological polar surface area (TPSA) is 90.5 Å². The molecule has 3 rings (SSSR count). The van der Waals surface area contributed by atoms with Gasteiger partial charge in [0.15, 0.2) is 0 Å². The predicted octanol–water partition coefficient (Wildman–Crippen LogP) is 2.17. The summed E-state index contributed by atoms with van der Waals surface area (Å²) in [7, 11) is 0. The lowest BCUT2D eigenvalue weighted by Crippen LogP contribution is -2.38. The third-order valence-electron chi connectivity index (χ3n) is 4.79.